The lowest BCUT2D eigenvalue weighted by atomic mass is 10.0. The van der Waals surface area contributed by atoms with E-state index in [1.807, 2.05) is 13.8 Å². The van der Waals surface area contributed by atoms with Gasteiger partial charge in [0.25, 0.3) is 5.91 Å². The highest BCUT2D eigenvalue weighted by molar-refractivity contribution is 6.33. The molecule has 0 radical (unpaired) electrons. The number of nitrogens with one attached hydrogen (secondary N) is 1. The first kappa shape index (κ1) is 16.0. The Bertz CT molecular complexity index is 729. The van der Waals surface area contributed by atoms with Crippen molar-refractivity contribution < 1.29 is 14.7 Å². The minimum atomic E-state index is -1.10. The van der Waals surface area contributed by atoms with Crippen LogP contribution in [0.2, 0.25) is 5.02 Å². The van der Waals surface area contributed by atoms with Crippen molar-refractivity contribution in [3.63, 3.8) is 0 Å². The maximum atomic E-state index is 12.0. The quantitative estimate of drug-likeness (QED) is 0.907. The van der Waals surface area contributed by atoms with E-state index in [0.717, 1.165) is 0 Å². The first-order valence-electron chi connectivity index (χ1n) is 6.67. The van der Waals surface area contributed by atoms with Gasteiger partial charge in [-0.25, -0.2) is 4.79 Å². The molecule has 114 valence electrons. The summed E-state index contributed by atoms with van der Waals surface area (Å²) >= 11 is 5.86. The average molecular weight is 319 g/mol. The summed E-state index contributed by atoms with van der Waals surface area (Å²) in [7, 11) is 0. The van der Waals surface area contributed by atoms with E-state index in [9.17, 15) is 9.59 Å². The van der Waals surface area contributed by atoms with Crippen molar-refractivity contribution in [2.75, 3.05) is 0 Å². The smallest absolute Gasteiger partial charge is 0.337 e. The second-order valence-corrected chi connectivity index (χ2v) is 5.50. The molecule has 5 nitrogen and oxygen atoms in total. The van der Waals surface area contributed by atoms with E-state index in [0.29, 0.717) is 16.7 Å². The van der Waals surface area contributed by atoms with Crippen molar-refractivity contribution in [2.24, 2.45) is 0 Å². The van der Waals surface area contributed by atoms with Gasteiger partial charge in [-0.05, 0) is 37.6 Å². The summed E-state index contributed by atoms with van der Waals surface area (Å²) in [6.07, 6.45) is 3.04. The molecular weight excluding hydrogens is 304 g/mol. The Labute approximate surface area is 133 Å². The molecule has 1 amide bonds. The Kier molecular flexibility index (Phi) is 4.78. The molecule has 0 saturated carbocycles. The molecular formula is C16H15ClN2O3. The number of rotatable bonds is 4. The van der Waals surface area contributed by atoms with Crippen LogP contribution in [-0.2, 0) is 0 Å². The van der Waals surface area contributed by atoms with Crippen LogP contribution in [-0.4, -0.2) is 28.0 Å². The van der Waals surface area contributed by atoms with E-state index in [2.05, 4.69) is 10.3 Å². The van der Waals surface area contributed by atoms with Crippen LogP contribution in [0.4, 0.5) is 0 Å². The summed E-state index contributed by atoms with van der Waals surface area (Å²) in [5, 5.41) is 12.1. The summed E-state index contributed by atoms with van der Waals surface area (Å²) in [5.74, 6) is -1.33. The van der Waals surface area contributed by atoms with Gasteiger partial charge in [0.15, 0.2) is 0 Å². The van der Waals surface area contributed by atoms with E-state index in [1.165, 1.54) is 18.3 Å². The SMILES string of the molecule is CC(C)NC(=O)c1cncc(-c2ccc(Cl)c(C(=O)O)c2)c1. The minimum absolute atomic E-state index is 0.0104. The molecule has 1 aromatic carbocycles. The molecule has 1 aromatic heterocycles. The molecule has 0 bridgehead atoms. The summed E-state index contributed by atoms with van der Waals surface area (Å²) in [4.78, 5) is 27.2. The molecule has 0 spiro atoms. The number of hydrogen-bond acceptors (Lipinski definition) is 3. The number of aromatic nitrogens is 1. The molecule has 22 heavy (non-hydrogen) atoms. The fourth-order valence-corrected chi connectivity index (χ4v) is 2.13. The Morgan fingerprint density at radius 2 is 1.91 bits per heavy atom. The van der Waals surface area contributed by atoms with Crippen molar-refractivity contribution in [2.45, 2.75) is 19.9 Å². The Morgan fingerprint density at radius 3 is 2.55 bits per heavy atom. The van der Waals surface area contributed by atoms with Crippen molar-refractivity contribution in [3.05, 3.63) is 52.8 Å². The number of pyridine rings is 1. The molecule has 2 N–H and O–H groups in total. The van der Waals surface area contributed by atoms with Gasteiger partial charge in [-0.2, -0.15) is 0 Å². The van der Waals surface area contributed by atoms with Crippen molar-refractivity contribution in [1.29, 1.82) is 0 Å². The second-order valence-electron chi connectivity index (χ2n) is 5.09. The van der Waals surface area contributed by atoms with E-state index in [-0.39, 0.29) is 22.5 Å². The highest BCUT2D eigenvalue weighted by Crippen LogP contribution is 2.25. The van der Waals surface area contributed by atoms with Gasteiger partial charge in [-0.15, -0.1) is 0 Å². The molecule has 0 aliphatic rings. The van der Waals surface area contributed by atoms with Gasteiger partial charge in [-0.3, -0.25) is 9.78 Å². The lowest BCUT2D eigenvalue weighted by molar-refractivity contribution is 0.0696. The van der Waals surface area contributed by atoms with Gasteiger partial charge >= 0.3 is 5.97 Å². The minimum Gasteiger partial charge on any atom is -0.478 e. The van der Waals surface area contributed by atoms with Gasteiger partial charge < -0.3 is 10.4 Å². The predicted octanol–water partition coefficient (Wildman–Crippen LogP) is 3.24. The van der Waals surface area contributed by atoms with Crippen molar-refractivity contribution in [3.8, 4) is 11.1 Å². The number of amides is 1. The van der Waals surface area contributed by atoms with Crippen molar-refractivity contribution in [1.82, 2.24) is 10.3 Å². The molecule has 0 aliphatic carbocycles. The summed E-state index contributed by atoms with van der Waals surface area (Å²) in [6, 6.07) is 6.35. The predicted molar refractivity (Wildman–Crippen MR) is 84.2 cm³/mol. The van der Waals surface area contributed by atoms with E-state index in [1.54, 1.807) is 18.3 Å². The first-order valence-corrected chi connectivity index (χ1v) is 7.05. The Hall–Kier alpha value is -2.40. The normalized spacial score (nSPS) is 10.5. The van der Waals surface area contributed by atoms with Crippen LogP contribution >= 0.6 is 11.6 Å². The first-order chi connectivity index (χ1) is 10.4. The number of hydrogen-bond donors (Lipinski definition) is 2. The van der Waals surface area contributed by atoms with Crippen LogP contribution in [0.5, 0.6) is 0 Å². The number of benzene rings is 1. The fourth-order valence-electron chi connectivity index (χ4n) is 1.94. The zero-order chi connectivity index (χ0) is 16.3. The summed E-state index contributed by atoms with van der Waals surface area (Å²) < 4.78 is 0. The van der Waals surface area contributed by atoms with E-state index < -0.39 is 5.97 Å². The monoisotopic (exact) mass is 318 g/mol. The van der Waals surface area contributed by atoms with Gasteiger partial charge in [-0.1, -0.05) is 17.7 Å². The third-order valence-electron chi connectivity index (χ3n) is 2.95. The largest absolute Gasteiger partial charge is 0.478 e. The number of aromatic carboxylic acids is 1. The third kappa shape index (κ3) is 3.62. The zero-order valence-corrected chi connectivity index (χ0v) is 12.9. The molecule has 0 saturated heterocycles. The lowest BCUT2D eigenvalue weighted by Gasteiger charge is -2.09. The number of carboxylic acid groups (broad SMARTS) is 1. The van der Waals surface area contributed by atoms with Gasteiger partial charge in [0.1, 0.15) is 0 Å². The third-order valence-corrected chi connectivity index (χ3v) is 3.28. The molecule has 6 heteroatoms. The molecule has 0 atom stereocenters. The van der Waals surface area contributed by atoms with E-state index >= 15 is 0 Å². The number of carbonyl (C=O) groups excluding carboxylic acids is 1. The van der Waals surface area contributed by atoms with E-state index in [4.69, 9.17) is 16.7 Å². The van der Waals surface area contributed by atoms with Gasteiger partial charge in [0.2, 0.25) is 0 Å². The molecule has 2 aromatic rings. The maximum Gasteiger partial charge on any atom is 0.337 e. The highest BCUT2D eigenvalue weighted by atomic mass is 35.5. The summed E-state index contributed by atoms with van der Waals surface area (Å²) in [6.45, 7) is 3.74. The van der Waals surface area contributed by atoms with Crippen LogP contribution in [0, 0.1) is 0 Å². The zero-order valence-electron chi connectivity index (χ0n) is 12.1. The fraction of sp³-hybridized carbons (Fsp3) is 0.188. The number of nitrogens with zero attached hydrogens (tertiary/aromatic N) is 1. The van der Waals surface area contributed by atoms with Gasteiger partial charge in [0.05, 0.1) is 16.1 Å². The number of carbonyl (C=O) groups is 2. The lowest BCUT2D eigenvalue weighted by Crippen LogP contribution is -2.30. The summed E-state index contributed by atoms with van der Waals surface area (Å²) in [5.41, 5.74) is 1.71. The topological polar surface area (TPSA) is 79.3 Å². The van der Waals surface area contributed by atoms with Crippen LogP contribution < -0.4 is 5.32 Å². The molecule has 0 fully saturated rings. The molecule has 0 aliphatic heterocycles. The highest BCUT2D eigenvalue weighted by Gasteiger charge is 2.12. The Morgan fingerprint density at radius 1 is 1.18 bits per heavy atom. The van der Waals surface area contributed by atoms with Gasteiger partial charge in [0, 0.05) is 24.0 Å². The average Bonchev–Trinajstić information content (AvgIpc) is 2.47. The van der Waals surface area contributed by atoms with Crippen LogP contribution in [0.25, 0.3) is 11.1 Å². The molecule has 0 unspecified atom stereocenters. The number of carboxylic acids is 1. The van der Waals surface area contributed by atoms with Crippen molar-refractivity contribution >= 4 is 23.5 Å². The Balaban J connectivity index is 2.40. The maximum absolute atomic E-state index is 12.0. The van der Waals surface area contributed by atoms with Crippen LogP contribution in [0.15, 0.2) is 36.7 Å². The number of halogens is 1. The standard InChI is InChI=1S/C16H15ClN2O3/c1-9(2)19-15(20)12-5-11(7-18-8-12)10-3-4-14(17)13(6-10)16(21)22/h3-9H,1-2H3,(H,19,20)(H,21,22). The second kappa shape index (κ2) is 6.58. The van der Waals surface area contributed by atoms with Crippen LogP contribution in [0.1, 0.15) is 34.6 Å². The molecule has 2 rings (SSSR count). The molecule has 1 heterocycles. The van der Waals surface area contributed by atoms with Crippen LogP contribution in [0.3, 0.4) is 0 Å².